The third kappa shape index (κ3) is 4.96. The number of ketones is 1. The molecule has 0 bridgehead atoms. The number of esters is 1. The number of Topliss-reactive ketones (excluding diaryl/α,β-unsaturated/α-hetero) is 1. The second-order valence-corrected chi connectivity index (χ2v) is 7.23. The first-order chi connectivity index (χ1) is 15.2. The average Bonchev–Trinajstić information content (AvgIpc) is 2.85. The van der Waals surface area contributed by atoms with Crippen LogP contribution in [-0.2, 0) is 9.53 Å². The average molecular weight is 406 g/mol. The van der Waals surface area contributed by atoms with Crippen LogP contribution in [0.3, 0.4) is 0 Å². The molecular formula is C28H22O3. The summed E-state index contributed by atoms with van der Waals surface area (Å²) in [6, 6.07) is 36.2. The van der Waals surface area contributed by atoms with E-state index in [4.69, 9.17) is 4.74 Å². The zero-order chi connectivity index (χ0) is 21.5. The molecule has 152 valence electrons. The Morgan fingerprint density at radius 2 is 1.03 bits per heavy atom. The molecule has 0 N–H and O–H groups in total. The summed E-state index contributed by atoms with van der Waals surface area (Å²) in [5, 5.41) is 0. The first-order valence-electron chi connectivity index (χ1n) is 10.2. The molecule has 0 aliphatic rings. The number of benzene rings is 4. The minimum absolute atomic E-state index is 0.229. The van der Waals surface area contributed by atoms with E-state index in [1.807, 2.05) is 103 Å². The molecule has 0 aromatic heterocycles. The van der Waals surface area contributed by atoms with E-state index >= 15 is 0 Å². The van der Waals surface area contributed by atoms with Crippen LogP contribution in [0.2, 0.25) is 0 Å². The van der Waals surface area contributed by atoms with Crippen molar-refractivity contribution < 1.29 is 14.3 Å². The van der Waals surface area contributed by atoms with Crippen LogP contribution in [0.4, 0.5) is 0 Å². The van der Waals surface area contributed by atoms with Crippen LogP contribution in [0, 0.1) is 0 Å². The maximum absolute atomic E-state index is 12.9. The Balaban J connectivity index is 1.46. The van der Waals surface area contributed by atoms with E-state index in [2.05, 4.69) is 0 Å². The van der Waals surface area contributed by atoms with Crippen molar-refractivity contribution in [1.82, 2.24) is 0 Å². The highest BCUT2D eigenvalue weighted by Gasteiger charge is 2.25. The molecule has 4 aromatic carbocycles. The molecule has 4 aromatic rings. The summed E-state index contributed by atoms with van der Waals surface area (Å²) in [6.45, 7) is -0.292. The number of carbonyl (C=O) groups excluding carboxylic acids is 2. The molecule has 0 aliphatic carbocycles. The van der Waals surface area contributed by atoms with Gasteiger partial charge in [0.25, 0.3) is 0 Å². The second-order valence-electron chi connectivity index (χ2n) is 7.23. The molecule has 0 fully saturated rings. The fraction of sp³-hybridized carbons (Fsp3) is 0.0714. The van der Waals surface area contributed by atoms with E-state index in [1.54, 1.807) is 12.1 Å². The van der Waals surface area contributed by atoms with Crippen molar-refractivity contribution in [3.63, 3.8) is 0 Å². The van der Waals surface area contributed by atoms with Crippen molar-refractivity contribution in [2.75, 3.05) is 6.61 Å². The van der Waals surface area contributed by atoms with Crippen molar-refractivity contribution in [3.8, 4) is 11.1 Å². The Hall–Kier alpha value is -3.98. The molecule has 0 aliphatic heterocycles. The summed E-state index contributed by atoms with van der Waals surface area (Å²) in [5.74, 6) is -1.24. The zero-order valence-corrected chi connectivity index (χ0v) is 17.0. The minimum atomic E-state index is -0.573. The molecule has 0 heterocycles. The standard InChI is InChI=1S/C28H22O3/c29-26(23-18-16-22(17-19-23)21-10-4-1-5-11-21)20-31-28(30)27(24-12-6-2-7-13-24)25-14-8-3-9-15-25/h1-19,27H,20H2. The van der Waals surface area contributed by atoms with Crippen molar-refractivity contribution in [2.45, 2.75) is 5.92 Å². The third-order valence-corrected chi connectivity index (χ3v) is 5.16. The monoisotopic (exact) mass is 406 g/mol. The Morgan fingerprint density at radius 3 is 1.55 bits per heavy atom. The largest absolute Gasteiger partial charge is 0.457 e. The van der Waals surface area contributed by atoms with Crippen LogP contribution in [0.1, 0.15) is 27.4 Å². The summed E-state index contributed by atoms with van der Waals surface area (Å²) in [5.41, 5.74) is 4.30. The Morgan fingerprint density at radius 1 is 0.581 bits per heavy atom. The van der Waals surface area contributed by atoms with Gasteiger partial charge in [0.15, 0.2) is 12.4 Å². The number of hydrogen-bond acceptors (Lipinski definition) is 3. The van der Waals surface area contributed by atoms with Gasteiger partial charge in [-0.3, -0.25) is 9.59 Å². The van der Waals surface area contributed by atoms with Crippen molar-refractivity contribution in [2.24, 2.45) is 0 Å². The maximum atomic E-state index is 12.9. The van der Waals surface area contributed by atoms with Gasteiger partial charge in [-0.1, -0.05) is 115 Å². The molecule has 31 heavy (non-hydrogen) atoms. The lowest BCUT2D eigenvalue weighted by Crippen LogP contribution is -2.21. The maximum Gasteiger partial charge on any atom is 0.318 e. The topological polar surface area (TPSA) is 43.4 Å². The van der Waals surface area contributed by atoms with Crippen LogP contribution in [0.5, 0.6) is 0 Å². The Labute approximate surface area is 181 Å². The van der Waals surface area contributed by atoms with Gasteiger partial charge in [-0.05, 0) is 22.3 Å². The smallest absolute Gasteiger partial charge is 0.318 e. The lowest BCUT2D eigenvalue weighted by molar-refractivity contribution is -0.143. The van der Waals surface area contributed by atoms with Crippen molar-refractivity contribution >= 4 is 11.8 Å². The molecule has 0 radical (unpaired) electrons. The SMILES string of the molecule is O=C(COC(=O)C(c1ccccc1)c1ccccc1)c1ccc(-c2ccccc2)cc1. The number of hydrogen-bond donors (Lipinski definition) is 0. The van der Waals surface area contributed by atoms with E-state index < -0.39 is 11.9 Å². The zero-order valence-electron chi connectivity index (χ0n) is 17.0. The second kappa shape index (κ2) is 9.68. The predicted molar refractivity (Wildman–Crippen MR) is 122 cm³/mol. The number of carbonyl (C=O) groups is 2. The highest BCUT2D eigenvalue weighted by atomic mass is 16.5. The first kappa shape index (κ1) is 20.3. The lowest BCUT2D eigenvalue weighted by atomic mass is 9.91. The van der Waals surface area contributed by atoms with E-state index in [0.717, 1.165) is 22.3 Å². The molecule has 0 amide bonds. The summed E-state index contributed by atoms with van der Waals surface area (Å²) >= 11 is 0. The molecule has 0 saturated heterocycles. The molecule has 0 atom stereocenters. The van der Waals surface area contributed by atoms with Gasteiger partial charge in [0.2, 0.25) is 0 Å². The van der Waals surface area contributed by atoms with Gasteiger partial charge in [-0.15, -0.1) is 0 Å². The summed E-state index contributed by atoms with van der Waals surface area (Å²) in [6.07, 6.45) is 0. The fourth-order valence-electron chi connectivity index (χ4n) is 3.54. The van der Waals surface area contributed by atoms with E-state index in [1.165, 1.54) is 0 Å². The van der Waals surface area contributed by atoms with Crippen molar-refractivity contribution in [1.29, 1.82) is 0 Å². The van der Waals surface area contributed by atoms with Gasteiger partial charge in [-0.2, -0.15) is 0 Å². The van der Waals surface area contributed by atoms with E-state index in [9.17, 15) is 9.59 Å². The lowest BCUT2D eigenvalue weighted by Gasteiger charge is -2.17. The van der Waals surface area contributed by atoms with Gasteiger partial charge in [0.1, 0.15) is 5.92 Å². The van der Waals surface area contributed by atoms with Crippen LogP contribution >= 0.6 is 0 Å². The Bertz CT molecular complexity index is 1100. The molecular weight excluding hydrogens is 384 g/mol. The summed E-state index contributed by atoms with van der Waals surface area (Å²) < 4.78 is 5.46. The van der Waals surface area contributed by atoms with Gasteiger partial charge >= 0.3 is 5.97 Å². The van der Waals surface area contributed by atoms with Crippen LogP contribution in [0.15, 0.2) is 115 Å². The van der Waals surface area contributed by atoms with Gasteiger partial charge < -0.3 is 4.74 Å². The van der Waals surface area contributed by atoms with Gasteiger partial charge in [-0.25, -0.2) is 0 Å². The number of ether oxygens (including phenoxy) is 1. The molecule has 3 heteroatoms. The molecule has 3 nitrogen and oxygen atoms in total. The van der Waals surface area contributed by atoms with Gasteiger partial charge in [0, 0.05) is 5.56 Å². The fourth-order valence-corrected chi connectivity index (χ4v) is 3.54. The van der Waals surface area contributed by atoms with Crippen LogP contribution in [-0.4, -0.2) is 18.4 Å². The molecule has 0 spiro atoms. The van der Waals surface area contributed by atoms with Crippen molar-refractivity contribution in [3.05, 3.63) is 132 Å². The normalized spacial score (nSPS) is 10.6. The third-order valence-electron chi connectivity index (χ3n) is 5.16. The van der Waals surface area contributed by atoms with Gasteiger partial charge in [0.05, 0.1) is 0 Å². The summed E-state index contributed by atoms with van der Waals surface area (Å²) in [4.78, 5) is 25.6. The predicted octanol–water partition coefficient (Wildman–Crippen LogP) is 5.91. The molecule has 0 saturated carbocycles. The highest BCUT2D eigenvalue weighted by Crippen LogP contribution is 2.26. The van der Waals surface area contributed by atoms with E-state index in [0.29, 0.717) is 5.56 Å². The molecule has 0 unspecified atom stereocenters. The highest BCUT2D eigenvalue weighted by molar-refractivity contribution is 5.98. The Kier molecular flexibility index (Phi) is 6.34. The summed E-state index contributed by atoms with van der Waals surface area (Å²) in [7, 11) is 0. The van der Waals surface area contributed by atoms with E-state index in [-0.39, 0.29) is 12.4 Å². The quantitative estimate of drug-likeness (QED) is 0.283. The first-order valence-corrected chi connectivity index (χ1v) is 10.2. The molecule has 4 rings (SSSR count). The minimum Gasteiger partial charge on any atom is -0.457 e. The van der Waals surface area contributed by atoms with Crippen LogP contribution in [0.25, 0.3) is 11.1 Å². The number of rotatable bonds is 7. The van der Waals surface area contributed by atoms with Crippen LogP contribution < -0.4 is 0 Å².